The zero-order valence-corrected chi connectivity index (χ0v) is 13.8. The summed E-state index contributed by atoms with van der Waals surface area (Å²) in [7, 11) is 0. The summed E-state index contributed by atoms with van der Waals surface area (Å²) in [6.07, 6.45) is 3.61. The van der Waals surface area contributed by atoms with Crippen LogP contribution in [-0.2, 0) is 6.54 Å². The SMILES string of the molecule is CCNC(=NCc1cccc(-c2ncn[nH]2)c1)NCCSC. The number of aliphatic imine (C=N–C) groups is 1. The van der Waals surface area contributed by atoms with Gasteiger partial charge in [-0.2, -0.15) is 16.9 Å². The number of aromatic amines is 1. The first-order valence-electron chi connectivity index (χ1n) is 7.29. The summed E-state index contributed by atoms with van der Waals surface area (Å²) >= 11 is 1.81. The Morgan fingerprint density at radius 2 is 2.27 bits per heavy atom. The highest BCUT2D eigenvalue weighted by atomic mass is 32.2. The van der Waals surface area contributed by atoms with Gasteiger partial charge in [-0.15, -0.1) is 0 Å². The third kappa shape index (κ3) is 5.07. The van der Waals surface area contributed by atoms with Gasteiger partial charge in [-0.1, -0.05) is 18.2 Å². The van der Waals surface area contributed by atoms with Gasteiger partial charge >= 0.3 is 0 Å². The van der Waals surface area contributed by atoms with E-state index in [0.29, 0.717) is 6.54 Å². The summed E-state index contributed by atoms with van der Waals surface area (Å²) in [5.74, 6) is 2.68. The summed E-state index contributed by atoms with van der Waals surface area (Å²) in [5.41, 5.74) is 2.15. The zero-order chi connectivity index (χ0) is 15.6. The predicted octanol–water partition coefficient (Wildman–Crippen LogP) is 1.89. The Morgan fingerprint density at radius 3 is 3.00 bits per heavy atom. The Labute approximate surface area is 135 Å². The first-order valence-corrected chi connectivity index (χ1v) is 8.68. The molecule has 1 aromatic heterocycles. The molecule has 0 aliphatic rings. The number of H-pyrrole nitrogens is 1. The summed E-state index contributed by atoms with van der Waals surface area (Å²) in [4.78, 5) is 8.79. The topological polar surface area (TPSA) is 78.0 Å². The predicted molar refractivity (Wildman–Crippen MR) is 93.0 cm³/mol. The molecule has 1 heterocycles. The maximum atomic E-state index is 4.62. The van der Waals surface area contributed by atoms with Gasteiger partial charge in [-0.05, 0) is 24.8 Å². The van der Waals surface area contributed by atoms with Gasteiger partial charge in [0.2, 0.25) is 0 Å². The van der Waals surface area contributed by atoms with Gasteiger partial charge in [-0.3, -0.25) is 5.10 Å². The number of benzene rings is 1. The quantitative estimate of drug-likeness (QED) is 0.413. The monoisotopic (exact) mass is 318 g/mol. The summed E-state index contributed by atoms with van der Waals surface area (Å²) < 4.78 is 0. The van der Waals surface area contributed by atoms with Crippen LogP contribution < -0.4 is 10.6 Å². The number of nitrogens with one attached hydrogen (secondary N) is 3. The largest absolute Gasteiger partial charge is 0.357 e. The molecule has 0 atom stereocenters. The van der Waals surface area contributed by atoms with Crippen molar-refractivity contribution in [2.24, 2.45) is 4.99 Å². The number of hydrogen-bond donors (Lipinski definition) is 3. The fourth-order valence-electron chi connectivity index (χ4n) is 1.95. The number of aromatic nitrogens is 3. The van der Waals surface area contributed by atoms with Crippen LogP contribution in [0.3, 0.4) is 0 Å². The highest BCUT2D eigenvalue weighted by molar-refractivity contribution is 7.98. The molecule has 22 heavy (non-hydrogen) atoms. The minimum Gasteiger partial charge on any atom is -0.357 e. The average molecular weight is 318 g/mol. The first-order chi connectivity index (χ1) is 10.8. The van der Waals surface area contributed by atoms with E-state index in [0.717, 1.165) is 41.8 Å². The molecule has 0 aliphatic carbocycles. The van der Waals surface area contributed by atoms with Crippen LogP contribution >= 0.6 is 11.8 Å². The van der Waals surface area contributed by atoms with Gasteiger partial charge in [-0.25, -0.2) is 9.98 Å². The smallest absolute Gasteiger partial charge is 0.191 e. The molecule has 0 aliphatic heterocycles. The Hall–Kier alpha value is -2.02. The number of hydrogen-bond acceptors (Lipinski definition) is 4. The van der Waals surface area contributed by atoms with E-state index in [4.69, 9.17) is 0 Å². The Balaban J connectivity index is 2.01. The van der Waals surface area contributed by atoms with Gasteiger partial charge in [0.25, 0.3) is 0 Å². The van der Waals surface area contributed by atoms with Crippen LogP contribution in [0.4, 0.5) is 0 Å². The molecule has 1 aromatic carbocycles. The highest BCUT2D eigenvalue weighted by Crippen LogP contribution is 2.15. The molecule has 0 unspecified atom stereocenters. The molecule has 2 rings (SSSR count). The first kappa shape index (κ1) is 16.4. The van der Waals surface area contributed by atoms with Crippen molar-refractivity contribution in [3.63, 3.8) is 0 Å². The second-order valence-electron chi connectivity index (χ2n) is 4.65. The zero-order valence-electron chi connectivity index (χ0n) is 13.0. The van der Waals surface area contributed by atoms with E-state index in [1.54, 1.807) is 0 Å². The van der Waals surface area contributed by atoms with E-state index in [2.05, 4.69) is 56.1 Å². The summed E-state index contributed by atoms with van der Waals surface area (Å²) in [6.45, 7) is 4.45. The molecule has 0 bridgehead atoms. The van der Waals surface area contributed by atoms with Gasteiger partial charge in [0.05, 0.1) is 6.54 Å². The maximum Gasteiger partial charge on any atom is 0.191 e. The fraction of sp³-hybridized carbons (Fsp3) is 0.400. The van der Waals surface area contributed by atoms with Crippen LogP contribution in [0.15, 0.2) is 35.6 Å². The molecule has 6 nitrogen and oxygen atoms in total. The van der Waals surface area contributed by atoms with E-state index >= 15 is 0 Å². The van der Waals surface area contributed by atoms with Gasteiger partial charge in [0.15, 0.2) is 11.8 Å². The van der Waals surface area contributed by atoms with Crippen LogP contribution in [0.25, 0.3) is 11.4 Å². The van der Waals surface area contributed by atoms with Crippen LogP contribution in [0.2, 0.25) is 0 Å². The van der Waals surface area contributed by atoms with Crippen molar-refractivity contribution in [3.8, 4) is 11.4 Å². The lowest BCUT2D eigenvalue weighted by Crippen LogP contribution is -2.38. The van der Waals surface area contributed by atoms with Crippen LogP contribution in [0.1, 0.15) is 12.5 Å². The van der Waals surface area contributed by atoms with Crippen molar-refractivity contribution in [3.05, 3.63) is 36.2 Å². The van der Waals surface area contributed by atoms with Crippen LogP contribution in [0, 0.1) is 0 Å². The molecule has 7 heteroatoms. The van der Waals surface area contributed by atoms with Crippen LogP contribution in [-0.4, -0.2) is 46.2 Å². The van der Waals surface area contributed by atoms with Crippen molar-refractivity contribution in [1.82, 2.24) is 25.8 Å². The van der Waals surface area contributed by atoms with Gasteiger partial charge in [0.1, 0.15) is 6.33 Å². The average Bonchev–Trinajstić information content (AvgIpc) is 3.07. The molecule has 2 aromatic rings. The number of nitrogens with zero attached hydrogens (tertiary/aromatic N) is 3. The van der Waals surface area contributed by atoms with E-state index in [1.165, 1.54) is 6.33 Å². The number of rotatable bonds is 7. The van der Waals surface area contributed by atoms with E-state index < -0.39 is 0 Å². The van der Waals surface area contributed by atoms with Crippen molar-refractivity contribution in [2.45, 2.75) is 13.5 Å². The van der Waals surface area contributed by atoms with Crippen LogP contribution in [0.5, 0.6) is 0 Å². The minimum atomic E-state index is 0.622. The molecule has 0 saturated carbocycles. The molecule has 0 amide bonds. The molecule has 0 radical (unpaired) electrons. The second kappa shape index (κ2) is 9.09. The van der Waals surface area contributed by atoms with Gasteiger partial charge < -0.3 is 10.6 Å². The lowest BCUT2D eigenvalue weighted by Gasteiger charge is -2.10. The Bertz CT molecular complexity index is 581. The molecule has 0 saturated heterocycles. The second-order valence-corrected chi connectivity index (χ2v) is 5.63. The minimum absolute atomic E-state index is 0.622. The standard InChI is InChI=1S/C15H22N6S/c1-3-16-15(17-7-8-22-2)18-10-12-5-4-6-13(9-12)14-19-11-20-21-14/h4-6,9,11H,3,7-8,10H2,1-2H3,(H2,16,17,18)(H,19,20,21). The van der Waals surface area contributed by atoms with E-state index in [9.17, 15) is 0 Å². The third-order valence-corrected chi connectivity index (χ3v) is 3.59. The summed E-state index contributed by atoms with van der Waals surface area (Å²) in [6, 6.07) is 8.16. The fourth-order valence-corrected chi connectivity index (χ4v) is 2.25. The van der Waals surface area contributed by atoms with E-state index in [1.807, 2.05) is 23.9 Å². The maximum absolute atomic E-state index is 4.62. The van der Waals surface area contributed by atoms with Crippen molar-refractivity contribution in [1.29, 1.82) is 0 Å². The molecule has 118 valence electrons. The van der Waals surface area contributed by atoms with E-state index in [-0.39, 0.29) is 0 Å². The lowest BCUT2D eigenvalue weighted by molar-refractivity contribution is 0.843. The third-order valence-electron chi connectivity index (χ3n) is 2.98. The molecule has 0 spiro atoms. The highest BCUT2D eigenvalue weighted by Gasteiger charge is 2.02. The normalized spacial score (nSPS) is 11.5. The Morgan fingerprint density at radius 1 is 1.36 bits per heavy atom. The lowest BCUT2D eigenvalue weighted by atomic mass is 10.1. The Kier molecular flexibility index (Phi) is 6.76. The molecule has 3 N–H and O–H groups in total. The van der Waals surface area contributed by atoms with Crippen molar-refractivity contribution < 1.29 is 0 Å². The van der Waals surface area contributed by atoms with Crippen molar-refractivity contribution in [2.75, 3.05) is 25.1 Å². The summed E-state index contributed by atoms with van der Waals surface area (Å²) in [5, 5.41) is 13.3. The molecule has 0 fully saturated rings. The molecular weight excluding hydrogens is 296 g/mol. The number of guanidine groups is 1. The van der Waals surface area contributed by atoms with Crippen molar-refractivity contribution >= 4 is 17.7 Å². The van der Waals surface area contributed by atoms with Gasteiger partial charge in [0, 0.05) is 24.4 Å². The number of thioether (sulfide) groups is 1. The molecular formula is C15H22N6S.